The number of thioether (sulfide) groups is 1. The molecule has 0 radical (unpaired) electrons. The van der Waals surface area contributed by atoms with Crippen molar-refractivity contribution in [3.8, 4) is 0 Å². The summed E-state index contributed by atoms with van der Waals surface area (Å²) in [6.45, 7) is 0.344. The molecule has 4 aromatic heterocycles. The van der Waals surface area contributed by atoms with E-state index in [-0.39, 0.29) is 11.2 Å². The molecule has 9 nitrogen and oxygen atoms in total. The lowest BCUT2D eigenvalue weighted by molar-refractivity contribution is 0.594. The van der Waals surface area contributed by atoms with Gasteiger partial charge in [-0.25, -0.2) is 9.78 Å². The number of imidazole rings is 1. The summed E-state index contributed by atoms with van der Waals surface area (Å²) >= 11 is 1.55. The Hall–Kier alpha value is -2.88. The van der Waals surface area contributed by atoms with Crippen LogP contribution in [0.25, 0.3) is 16.8 Å². The van der Waals surface area contributed by atoms with Crippen LogP contribution in [0.3, 0.4) is 0 Å². The van der Waals surface area contributed by atoms with Gasteiger partial charge in [0.2, 0.25) is 0 Å². The average Bonchev–Trinajstić information content (AvgIpc) is 3.23. The summed E-state index contributed by atoms with van der Waals surface area (Å²) in [7, 11) is 3.38. The minimum Gasteiger partial charge on any atom is -0.328 e. The number of hydrogen-bond donors (Lipinski definition) is 0. The molecule has 0 atom stereocenters. The Morgan fingerprint density at radius 3 is 2.85 bits per heavy atom. The smallest absolute Gasteiger partial charge is 0.328 e. The number of aryl methyl sites for hydroxylation is 2. The van der Waals surface area contributed by atoms with Gasteiger partial charge >= 0.3 is 5.69 Å². The zero-order chi connectivity index (χ0) is 18.3. The van der Waals surface area contributed by atoms with Crippen molar-refractivity contribution in [3.05, 3.63) is 51.6 Å². The molecule has 134 valence electrons. The van der Waals surface area contributed by atoms with Gasteiger partial charge in [-0.2, -0.15) is 0 Å². The first-order valence-electron chi connectivity index (χ1n) is 8.11. The fourth-order valence-corrected chi connectivity index (χ4v) is 3.75. The van der Waals surface area contributed by atoms with E-state index in [2.05, 4.69) is 15.2 Å². The van der Waals surface area contributed by atoms with E-state index in [4.69, 9.17) is 0 Å². The molecule has 0 spiro atoms. The van der Waals surface area contributed by atoms with Crippen molar-refractivity contribution in [1.82, 2.24) is 33.3 Å². The van der Waals surface area contributed by atoms with Crippen LogP contribution in [0, 0.1) is 0 Å². The minimum absolute atomic E-state index is 0.305. The summed E-state index contributed by atoms with van der Waals surface area (Å²) < 4.78 is 6.24. The Bertz CT molecular complexity index is 1220. The van der Waals surface area contributed by atoms with Gasteiger partial charge in [-0.1, -0.05) is 17.8 Å². The molecule has 4 rings (SSSR count). The summed E-state index contributed by atoms with van der Waals surface area (Å²) in [5.41, 5.74) is 0.980. The second-order valence-electron chi connectivity index (χ2n) is 5.94. The van der Waals surface area contributed by atoms with Crippen LogP contribution in [0.4, 0.5) is 0 Å². The molecule has 0 aliphatic rings. The molecule has 0 unspecified atom stereocenters. The van der Waals surface area contributed by atoms with Crippen LogP contribution >= 0.6 is 11.8 Å². The molecule has 0 aliphatic carbocycles. The van der Waals surface area contributed by atoms with E-state index in [0.29, 0.717) is 29.9 Å². The SMILES string of the molecule is Cn1cnc2c1c(=O)n(CCCSc1nnc3ccccn13)c(=O)n2C. The van der Waals surface area contributed by atoms with Gasteiger partial charge in [0.25, 0.3) is 5.56 Å². The van der Waals surface area contributed by atoms with E-state index in [1.807, 2.05) is 28.8 Å². The number of rotatable bonds is 5. The Morgan fingerprint density at radius 1 is 1.15 bits per heavy atom. The van der Waals surface area contributed by atoms with Crippen LogP contribution in [-0.4, -0.2) is 39.0 Å². The van der Waals surface area contributed by atoms with Gasteiger partial charge in [0.1, 0.15) is 0 Å². The molecule has 0 aliphatic heterocycles. The third-order valence-corrected chi connectivity index (χ3v) is 5.27. The Labute approximate surface area is 151 Å². The Morgan fingerprint density at radius 2 is 2.00 bits per heavy atom. The Balaban J connectivity index is 1.52. The van der Waals surface area contributed by atoms with Crippen LogP contribution in [0.5, 0.6) is 0 Å². The first-order valence-corrected chi connectivity index (χ1v) is 9.10. The molecular formula is C16H17N7O2S. The molecule has 0 saturated heterocycles. The predicted molar refractivity (Wildman–Crippen MR) is 98.5 cm³/mol. The van der Waals surface area contributed by atoms with Crippen molar-refractivity contribution in [1.29, 1.82) is 0 Å². The third-order valence-electron chi connectivity index (χ3n) is 4.24. The van der Waals surface area contributed by atoms with Gasteiger partial charge in [-0.15, -0.1) is 10.2 Å². The van der Waals surface area contributed by atoms with Gasteiger partial charge in [0.05, 0.1) is 6.33 Å². The maximum absolute atomic E-state index is 12.6. The number of nitrogens with zero attached hydrogens (tertiary/aromatic N) is 7. The molecule has 0 aromatic carbocycles. The molecule has 0 N–H and O–H groups in total. The van der Waals surface area contributed by atoms with Gasteiger partial charge in [0, 0.05) is 32.6 Å². The maximum atomic E-state index is 12.6. The highest BCUT2D eigenvalue weighted by Crippen LogP contribution is 2.17. The van der Waals surface area contributed by atoms with Crippen LogP contribution in [0.2, 0.25) is 0 Å². The molecular weight excluding hydrogens is 354 g/mol. The fourth-order valence-electron chi connectivity index (χ4n) is 2.90. The minimum atomic E-state index is -0.348. The molecule has 0 saturated carbocycles. The first-order chi connectivity index (χ1) is 12.6. The van der Waals surface area contributed by atoms with E-state index in [1.165, 1.54) is 9.13 Å². The van der Waals surface area contributed by atoms with E-state index in [9.17, 15) is 9.59 Å². The van der Waals surface area contributed by atoms with Gasteiger partial charge in [-0.3, -0.25) is 18.3 Å². The maximum Gasteiger partial charge on any atom is 0.332 e. The molecule has 4 heterocycles. The molecule has 10 heteroatoms. The van der Waals surface area contributed by atoms with Crippen LogP contribution in [-0.2, 0) is 20.6 Å². The highest BCUT2D eigenvalue weighted by Gasteiger charge is 2.14. The monoisotopic (exact) mass is 371 g/mol. The summed E-state index contributed by atoms with van der Waals surface area (Å²) in [5, 5.41) is 9.07. The lowest BCUT2D eigenvalue weighted by Crippen LogP contribution is -2.39. The number of fused-ring (bicyclic) bond motifs is 2. The first kappa shape index (κ1) is 16.6. The summed E-state index contributed by atoms with van der Waals surface area (Å²) in [6.07, 6.45) is 4.11. The molecule has 0 amide bonds. The molecule has 4 aromatic rings. The van der Waals surface area contributed by atoms with Crippen molar-refractivity contribution < 1.29 is 0 Å². The van der Waals surface area contributed by atoms with Gasteiger partial charge in [-0.05, 0) is 18.6 Å². The highest BCUT2D eigenvalue weighted by atomic mass is 32.2. The molecule has 26 heavy (non-hydrogen) atoms. The van der Waals surface area contributed by atoms with Crippen LogP contribution in [0.1, 0.15) is 6.42 Å². The largest absolute Gasteiger partial charge is 0.332 e. The molecule has 0 bridgehead atoms. The summed E-state index contributed by atoms with van der Waals surface area (Å²) in [6, 6.07) is 5.73. The average molecular weight is 371 g/mol. The van der Waals surface area contributed by atoms with Crippen molar-refractivity contribution in [2.75, 3.05) is 5.75 Å². The van der Waals surface area contributed by atoms with Crippen LogP contribution < -0.4 is 11.2 Å². The zero-order valence-corrected chi connectivity index (χ0v) is 15.2. The van der Waals surface area contributed by atoms with Crippen molar-refractivity contribution in [2.24, 2.45) is 14.1 Å². The van der Waals surface area contributed by atoms with Gasteiger partial charge in [0.15, 0.2) is 22.0 Å². The quantitative estimate of drug-likeness (QED) is 0.378. The van der Waals surface area contributed by atoms with E-state index in [1.54, 1.807) is 36.8 Å². The number of aromatic nitrogens is 7. The second kappa shape index (κ2) is 6.45. The lowest BCUT2D eigenvalue weighted by Gasteiger charge is -2.08. The molecule has 0 fully saturated rings. The normalized spacial score (nSPS) is 11.6. The zero-order valence-electron chi connectivity index (χ0n) is 14.4. The van der Waals surface area contributed by atoms with Gasteiger partial charge < -0.3 is 4.57 Å². The summed E-state index contributed by atoms with van der Waals surface area (Å²) in [4.78, 5) is 29.2. The standard InChI is InChI=1S/C16H17N7O2S/c1-20-10-17-13-12(20)14(24)23(16(25)21(13)2)8-5-9-26-15-19-18-11-6-3-4-7-22(11)15/h3-4,6-7,10H,5,8-9H2,1-2H3. The highest BCUT2D eigenvalue weighted by molar-refractivity contribution is 7.99. The topological polar surface area (TPSA) is 92.0 Å². The van der Waals surface area contributed by atoms with E-state index in [0.717, 1.165) is 10.8 Å². The number of hydrogen-bond acceptors (Lipinski definition) is 6. The summed E-state index contributed by atoms with van der Waals surface area (Å²) in [5.74, 6) is 0.717. The fraction of sp³-hybridized carbons (Fsp3) is 0.312. The predicted octanol–water partition coefficient (Wildman–Crippen LogP) is 0.659. The van der Waals surface area contributed by atoms with E-state index >= 15 is 0 Å². The Kier molecular flexibility index (Phi) is 4.11. The third kappa shape index (κ3) is 2.62. The number of pyridine rings is 1. The van der Waals surface area contributed by atoms with Crippen molar-refractivity contribution in [3.63, 3.8) is 0 Å². The van der Waals surface area contributed by atoms with Crippen LogP contribution in [0.15, 0.2) is 45.5 Å². The second-order valence-corrected chi connectivity index (χ2v) is 7.00. The lowest BCUT2D eigenvalue weighted by atomic mass is 10.4. The van der Waals surface area contributed by atoms with E-state index < -0.39 is 0 Å². The van der Waals surface area contributed by atoms with Crippen molar-refractivity contribution >= 4 is 28.6 Å². The van der Waals surface area contributed by atoms with Crippen molar-refractivity contribution in [2.45, 2.75) is 18.1 Å².